The molecule has 0 spiro atoms. The smallest absolute Gasteiger partial charge is 0.303 e. The van der Waals surface area contributed by atoms with Crippen LogP contribution in [0.25, 0.3) is 0 Å². The molecule has 2 heterocycles. The van der Waals surface area contributed by atoms with Crippen LogP contribution in [0.3, 0.4) is 0 Å². The fourth-order valence-electron chi connectivity index (χ4n) is 3.46. The number of hydrogen-bond acceptors (Lipinski definition) is 3. The van der Waals surface area contributed by atoms with E-state index >= 15 is 0 Å². The predicted octanol–water partition coefficient (Wildman–Crippen LogP) is 2.49. The summed E-state index contributed by atoms with van der Waals surface area (Å²) in [5.41, 5.74) is 2.60. The molecule has 21 heavy (non-hydrogen) atoms. The lowest BCUT2D eigenvalue weighted by Crippen LogP contribution is -2.40. The van der Waals surface area contributed by atoms with Gasteiger partial charge < -0.3 is 9.84 Å². The molecule has 2 aliphatic rings. The molecule has 1 saturated heterocycles. The minimum atomic E-state index is -0.668. The van der Waals surface area contributed by atoms with Crippen molar-refractivity contribution in [3.05, 3.63) is 29.3 Å². The van der Waals surface area contributed by atoms with E-state index in [-0.39, 0.29) is 6.10 Å². The summed E-state index contributed by atoms with van der Waals surface area (Å²) in [7, 11) is 0. The van der Waals surface area contributed by atoms with E-state index in [1.165, 1.54) is 11.1 Å². The molecule has 0 saturated carbocycles. The molecule has 1 N–H and O–H groups in total. The highest BCUT2D eigenvalue weighted by Crippen LogP contribution is 2.30. The average Bonchev–Trinajstić information content (AvgIpc) is 2.82. The van der Waals surface area contributed by atoms with E-state index in [0.29, 0.717) is 12.3 Å². The Morgan fingerprint density at radius 2 is 2.14 bits per heavy atom. The zero-order valence-electron chi connectivity index (χ0n) is 12.5. The molecule has 1 atom stereocenters. The maximum atomic E-state index is 10.7. The number of carboxylic acids is 1. The van der Waals surface area contributed by atoms with Gasteiger partial charge in [0.05, 0.1) is 0 Å². The van der Waals surface area contributed by atoms with E-state index in [1.54, 1.807) is 0 Å². The Labute approximate surface area is 125 Å². The molecule has 4 nitrogen and oxygen atoms in total. The molecular weight excluding hydrogens is 266 g/mol. The summed E-state index contributed by atoms with van der Waals surface area (Å²) >= 11 is 0. The van der Waals surface area contributed by atoms with Crippen LogP contribution in [0.1, 0.15) is 30.4 Å². The van der Waals surface area contributed by atoms with Gasteiger partial charge in [-0.15, -0.1) is 0 Å². The van der Waals surface area contributed by atoms with Gasteiger partial charge in [0.15, 0.2) is 0 Å². The van der Waals surface area contributed by atoms with Crippen LogP contribution >= 0.6 is 0 Å². The lowest BCUT2D eigenvalue weighted by atomic mass is 9.93. The molecule has 1 fully saturated rings. The van der Waals surface area contributed by atoms with Crippen molar-refractivity contribution in [2.24, 2.45) is 5.92 Å². The Morgan fingerprint density at radius 3 is 2.86 bits per heavy atom. The van der Waals surface area contributed by atoms with Crippen molar-refractivity contribution >= 4 is 5.97 Å². The van der Waals surface area contributed by atoms with Gasteiger partial charge in [-0.05, 0) is 50.4 Å². The summed E-state index contributed by atoms with van der Waals surface area (Å²) in [6.45, 7) is 5.05. The van der Waals surface area contributed by atoms with Crippen molar-refractivity contribution in [1.29, 1.82) is 0 Å². The van der Waals surface area contributed by atoms with Crippen molar-refractivity contribution in [2.45, 2.75) is 38.7 Å². The second-order valence-corrected chi connectivity index (χ2v) is 6.40. The lowest BCUT2D eigenvalue weighted by Gasteiger charge is -2.32. The van der Waals surface area contributed by atoms with E-state index in [1.807, 2.05) is 0 Å². The summed E-state index contributed by atoms with van der Waals surface area (Å²) in [5, 5.41) is 8.85. The van der Waals surface area contributed by atoms with Gasteiger partial charge in [0, 0.05) is 19.4 Å². The van der Waals surface area contributed by atoms with Crippen LogP contribution in [0.15, 0.2) is 18.2 Å². The second kappa shape index (κ2) is 6.06. The number of hydrogen-bond donors (Lipinski definition) is 1. The molecule has 0 radical (unpaired) electrons. The fourth-order valence-corrected chi connectivity index (χ4v) is 3.46. The van der Waals surface area contributed by atoms with E-state index in [2.05, 4.69) is 30.0 Å². The molecule has 1 aromatic carbocycles. The normalized spacial score (nSPS) is 22.8. The first kappa shape index (κ1) is 14.4. The van der Waals surface area contributed by atoms with E-state index in [0.717, 1.165) is 44.6 Å². The van der Waals surface area contributed by atoms with E-state index in [9.17, 15) is 4.79 Å². The van der Waals surface area contributed by atoms with Crippen LogP contribution < -0.4 is 4.74 Å². The standard InChI is InChI=1S/C17H23NO3/c1-12-2-3-16-14(8-12)10-15(21-16)11-18-6-4-13(5-7-18)9-17(19)20/h2-3,8,13,15H,4-7,9-11H2,1H3,(H,19,20). The average molecular weight is 289 g/mol. The molecular formula is C17H23NO3. The van der Waals surface area contributed by atoms with Gasteiger partial charge in [0.1, 0.15) is 11.9 Å². The van der Waals surface area contributed by atoms with E-state index in [4.69, 9.17) is 9.84 Å². The second-order valence-electron chi connectivity index (χ2n) is 6.40. The number of likely N-dealkylation sites (tertiary alicyclic amines) is 1. The van der Waals surface area contributed by atoms with Gasteiger partial charge in [-0.25, -0.2) is 0 Å². The summed E-state index contributed by atoms with van der Waals surface area (Å²) in [6.07, 6.45) is 3.54. The van der Waals surface area contributed by atoms with Crippen LogP contribution in [0.4, 0.5) is 0 Å². The van der Waals surface area contributed by atoms with Gasteiger partial charge >= 0.3 is 5.97 Å². The van der Waals surface area contributed by atoms with Crippen molar-refractivity contribution in [2.75, 3.05) is 19.6 Å². The Balaban J connectivity index is 1.48. The first-order valence-corrected chi connectivity index (χ1v) is 7.80. The van der Waals surface area contributed by atoms with Gasteiger partial charge in [0.2, 0.25) is 0 Å². The summed E-state index contributed by atoms with van der Waals surface area (Å²) in [5.74, 6) is 0.716. The number of benzene rings is 1. The topological polar surface area (TPSA) is 49.8 Å². The zero-order valence-corrected chi connectivity index (χ0v) is 12.5. The van der Waals surface area contributed by atoms with Crippen LogP contribution in [-0.2, 0) is 11.2 Å². The first-order chi connectivity index (χ1) is 10.1. The molecule has 0 aromatic heterocycles. The van der Waals surface area contributed by atoms with Gasteiger partial charge in [-0.3, -0.25) is 9.69 Å². The largest absolute Gasteiger partial charge is 0.488 e. The van der Waals surface area contributed by atoms with Gasteiger partial charge in [0.25, 0.3) is 0 Å². The number of ether oxygens (including phenoxy) is 1. The van der Waals surface area contributed by atoms with Crippen LogP contribution in [0.5, 0.6) is 5.75 Å². The quantitative estimate of drug-likeness (QED) is 0.925. The summed E-state index contributed by atoms with van der Waals surface area (Å²) < 4.78 is 6.02. The van der Waals surface area contributed by atoms with Crippen LogP contribution in [0, 0.1) is 12.8 Å². The number of aliphatic carboxylic acids is 1. The predicted molar refractivity (Wildman–Crippen MR) is 80.7 cm³/mol. The minimum absolute atomic E-state index is 0.248. The molecule has 3 rings (SSSR count). The number of piperidine rings is 1. The molecule has 4 heteroatoms. The summed E-state index contributed by atoms with van der Waals surface area (Å²) in [4.78, 5) is 13.2. The van der Waals surface area contributed by atoms with Crippen molar-refractivity contribution in [3.8, 4) is 5.75 Å². The number of fused-ring (bicyclic) bond motifs is 1. The number of carbonyl (C=O) groups is 1. The molecule has 2 aliphatic heterocycles. The highest BCUT2D eigenvalue weighted by molar-refractivity contribution is 5.67. The van der Waals surface area contributed by atoms with Crippen molar-refractivity contribution in [1.82, 2.24) is 4.90 Å². The van der Waals surface area contributed by atoms with Gasteiger partial charge in [-0.1, -0.05) is 17.7 Å². The number of carboxylic acid groups (broad SMARTS) is 1. The zero-order chi connectivity index (χ0) is 14.8. The number of nitrogens with zero attached hydrogens (tertiary/aromatic N) is 1. The SMILES string of the molecule is Cc1ccc2c(c1)CC(CN1CCC(CC(=O)O)CC1)O2. The van der Waals surface area contributed by atoms with Gasteiger partial charge in [-0.2, -0.15) is 0 Å². The summed E-state index contributed by atoms with van der Waals surface area (Å²) in [6, 6.07) is 6.39. The molecule has 114 valence electrons. The minimum Gasteiger partial charge on any atom is -0.488 e. The Kier molecular flexibility index (Phi) is 4.15. The fraction of sp³-hybridized carbons (Fsp3) is 0.588. The number of aryl methyl sites for hydroxylation is 1. The molecule has 0 amide bonds. The third-order valence-corrected chi connectivity index (χ3v) is 4.59. The monoisotopic (exact) mass is 289 g/mol. The van der Waals surface area contributed by atoms with Crippen molar-refractivity contribution < 1.29 is 14.6 Å². The first-order valence-electron chi connectivity index (χ1n) is 7.80. The highest BCUT2D eigenvalue weighted by atomic mass is 16.5. The number of rotatable bonds is 4. The molecule has 1 unspecified atom stereocenters. The Morgan fingerprint density at radius 1 is 1.38 bits per heavy atom. The van der Waals surface area contributed by atoms with E-state index < -0.39 is 5.97 Å². The van der Waals surface area contributed by atoms with Crippen molar-refractivity contribution in [3.63, 3.8) is 0 Å². The van der Waals surface area contributed by atoms with Crippen LogP contribution in [-0.4, -0.2) is 41.7 Å². The lowest BCUT2D eigenvalue weighted by molar-refractivity contribution is -0.138. The maximum absolute atomic E-state index is 10.7. The highest BCUT2D eigenvalue weighted by Gasteiger charge is 2.27. The molecule has 1 aromatic rings. The third kappa shape index (κ3) is 3.56. The molecule has 0 aliphatic carbocycles. The molecule has 0 bridgehead atoms. The van der Waals surface area contributed by atoms with Crippen LogP contribution in [0.2, 0.25) is 0 Å². The third-order valence-electron chi connectivity index (χ3n) is 4.59. The maximum Gasteiger partial charge on any atom is 0.303 e. The Hall–Kier alpha value is -1.55. The Bertz CT molecular complexity index is 521.